The first kappa shape index (κ1) is 13.9. The highest BCUT2D eigenvalue weighted by Gasteiger charge is 2.53. The molecule has 2 rings (SSSR count). The molecule has 1 aliphatic heterocycles. The highest BCUT2D eigenvalue weighted by atomic mass is 16.6. The van der Waals surface area contributed by atoms with E-state index in [1.54, 1.807) is 6.92 Å². The molecule has 1 aromatic heterocycles. The number of ether oxygens (including phenoxy) is 1. The van der Waals surface area contributed by atoms with Gasteiger partial charge in [0.25, 0.3) is 0 Å². The van der Waals surface area contributed by atoms with Crippen LogP contribution >= 0.6 is 0 Å². The molecular formula is C11H17N3O5. The van der Waals surface area contributed by atoms with Crippen LogP contribution in [-0.4, -0.2) is 49.3 Å². The van der Waals surface area contributed by atoms with E-state index in [1.807, 2.05) is 0 Å². The van der Waals surface area contributed by atoms with Crippen molar-refractivity contribution in [1.29, 1.82) is 0 Å². The van der Waals surface area contributed by atoms with Crippen molar-refractivity contribution in [3.05, 3.63) is 22.2 Å². The molecule has 2 unspecified atom stereocenters. The summed E-state index contributed by atoms with van der Waals surface area (Å²) in [5.74, 6) is 0.0955. The highest BCUT2D eigenvalue weighted by Crippen LogP contribution is 2.37. The first-order valence-electron chi connectivity index (χ1n) is 5.81. The fraction of sp³-hybridized carbons (Fsp3) is 0.636. The van der Waals surface area contributed by atoms with Crippen LogP contribution in [0.1, 0.15) is 18.7 Å². The van der Waals surface area contributed by atoms with Crippen molar-refractivity contribution in [2.24, 2.45) is 0 Å². The quantitative estimate of drug-likeness (QED) is 0.496. The molecule has 5 N–H and O–H groups in total. The molecule has 0 aliphatic carbocycles. The average Bonchev–Trinajstić information content (AvgIpc) is 2.56. The van der Waals surface area contributed by atoms with Gasteiger partial charge in [0.05, 0.1) is 6.61 Å². The van der Waals surface area contributed by atoms with E-state index in [2.05, 4.69) is 4.98 Å². The van der Waals surface area contributed by atoms with Gasteiger partial charge in [0.2, 0.25) is 0 Å². The lowest BCUT2D eigenvalue weighted by atomic mass is 9.96. The maximum Gasteiger partial charge on any atom is 0.351 e. The maximum absolute atomic E-state index is 11.8. The highest BCUT2D eigenvalue weighted by molar-refractivity contribution is 5.35. The van der Waals surface area contributed by atoms with Gasteiger partial charge in [-0.3, -0.25) is 4.57 Å². The maximum atomic E-state index is 11.8. The fourth-order valence-corrected chi connectivity index (χ4v) is 2.14. The van der Waals surface area contributed by atoms with Crippen LogP contribution in [0.3, 0.4) is 0 Å². The van der Waals surface area contributed by atoms with Crippen LogP contribution in [0, 0.1) is 6.92 Å². The summed E-state index contributed by atoms with van der Waals surface area (Å²) in [6.45, 7) is 2.52. The summed E-state index contributed by atoms with van der Waals surface area (Å²) in [6.07, 6.45) is -2.02. The van der Waals surface area contributed by atoms with Gasteiger partial charge in [-0.1, -0.05) is 0 Å². The van der Waals surface area contributed by atoms with Crippen LogP contribution in [0.15, 0.2) is 11.0 Å². The molecule has 0 aromatic carbocycles. The van der Waals surface area contributed by atoms with Gasteiger partial charge in [0, 0.05) is 11.8 Å². The van der Waals surface area contributed by atoms with E-state index in [1.165, 1.54) is 13.1 Å². The molecule has 1 aliphatic rings. The molecule has 2 heterocycles. The van der Waals surface area contributed by atoms with E-state index in [0.717, 1.165) is 4.57 Å². The molecule has 0 amide bonds. The van der Waals surface area contributed by atoms with Crippen LogP contribution in [-0.2, 0) is 4.74 Å². The zero-order valence-electron chi connectivity index (χ0n) is 10.6. The number of aromatic nitrogens is 2. The van der Waals surface area contributed by atoms with E-state index >= 15 is 0 Å². The molecule has 19 heavy (non-hydrogen) atoms. The molecule has 0 radical (unpaired) electrons. The third-order valence-electron chi connectivity index (χ3n) is 3.36. The topological polar surface area (TPSA) is 131 Å². The van der Waals surface area contributed by atoms with Crippen LogP contribution < -0.4 is 11.4 Å². The largest absolute Gasteiger partial charge is 0.394 e. The Morgan fingerprint density at radius 3 is 2.79 bits per heavy atom. The van der Waals surface area contributed by atoms with Gasteiger partial charge < -0.3 is 25.8 Å². The lowest BCUT2D eigenvalue weighted by molar-refractivity contribution is -0.0987. The van der Waals surface area contributed by atoms with Crippen LogP contribution in [0.25, 0.3) is 0 Å². The number of rotatable bonds is 2. The standard InChI is InChI=1S/C11H17N3O5/c1-5-3-14(10(17)13-8(5)12)9-11(2,18)7(16)6(4-15)19-9/h3,6-7,9,15-16,18H,4H2,1-2H3,(H2,12,13,17)/t6-,7?,9-,11?/m1/s1. The molecule has 0 spiro atoms. The van der Waals surface area contributed by atoms with Crippen molar-refractivity contribution in [1.82, 2.24) is 9.55 Å². The van der Waals surface area contributed by atoms with E-state index in [4.69, 9.17) is 15.6 Å². The molecule has 0 bridgehead atoms. The first-order chi connectivity index (χ1) is 8.78. The van der Waals surface area contributed by atoms with Crippen LogP contribution in [0.2, 0.25) is 0 Å². The molecule has 8 nitrogen and oxygen atoms in total. The summed E-state index contributed by atoms with van der Waals surface area (Å²) in [5, 5.41) is 29.2. The SMILES string of the molecule is Cc1cn([C@@H]2O[C@H](CO)C(O)C2(C)O)c(=O)nc1N. The molecule has 1 saturated heterocycles. The smallest absolute Gasteiger partial charge is 0.351 e. The minimum absolute atomic E-state index is 0.0955. The Labute approximate surface area is 109 Å². The molecule has 8 heteroatoms. The second-order valence-corrected chi connectivity index (χ2v) is 4.88. The Bertz CT molecular complexity index is 542. The summed E-state index contributed by atoms with van der Waals surface area (Å²) in [6, 6.07) is 0. The summed E-state index contributed by atoms with van der Waals surface area (Å²) < 4.78 is 6.39. The van der Waals surface area contributed by atoms with Crippen molar-refractivity contribution in [2.75, 3.05) is 12.3 Å². The number of nitrogens with two attached hydrogens (primary N) is 1. The minimum atomic E-state index is -1.72. The Morgan fingerprint density at radius 1 is 1.63 bits per heavy atom. The first-order valence-corrected chi connectivity index (χ1v) is 5.81. The normalized spacial score (nSPS) is 34.7. The molecule has 0 saturated carbocycles. The zero-order valence-corrected chi connectivity index (χ0v) is 10.6. The number of aliphatic hydroxyl groups excluding tert-OH is 2. The van der Waals surface area contributed by atoms with E-state index < -0.39 is 36.3 Å². The van der Waals surface area contributed by atoms with Crippen LogP contribution in [0.5, 0.6) is 0 Å². The number of hydrogen-bond donors (Lipinski definition) is 4. The van der Waals surface area contributed by atoms with Gasteiger partial charge in [-0.25, -0.2) is 4.79 Å². The Kier molecular flexibility index (Phi) is 3.35. The number of aryl methyl sites for hydroxylation is 1. The summed E-state index contributed by atoms with van der Waals surface area (Å²) in [5.41, 5.74) is 3.65. The lowest BCUT2D eigenvalue weighted by Gasteiger charge is -2.27. The Hall–Kier alpha value is -1.48. The summed E-state index contributed by atoms with van der Waals surface area (Å²) in [7, 11) is 0. The van der Waals surface area contributed by atoms with Gasteiger partial charge in [-0.2, -0.15) is 4.98 Å². The third kappa shape index (κ3) is 2.12. The van der Waals surface area contributed by atoms with E-state index in [9.17, 15) is 15.0 Å². The minimum Gasteiger partial charge on any atom is -0.394 e. The van der Waals surface area contributed by atoms with Crippen LogP contribution in [0.4, 0.5) is 5.82 Å². The van der Waals surface area contributed by atoms with Gasteiger partial charge in [-0.05, 0) is 13.8 Å². The van der Waals surface area contributed by atoms with Gasteiger partial charge in [0.1, 0.15) is 23.6 Å². The number of aliphatic hydroxyl groups is 3. The average molecular weight is 271 g/mol. The number of anilines is 1. The van der Waals surface area contributed by atoms with Gasteiger partial charge in [-0.15, -0.1) is 0 Å². The Balaban J connectivity index is 2.48. The predicted octanol–water partition coefficient (Wildman–Crippen LogP) is -1.86. The van der Waals surface area contributed by atoms with Gasteiger partial charge >= 0.3 is 5.69 Å². The van der Waals surface area contributed by atoms with Gasteiger partial charge in [0.15, 0.2) is 6.23 Å². The summed E-state index contributed by atoms with van der Waals surface area (Å²) >= 11 is 0. The summed E-state index contributed by atoms with van der Waals surface area (Å²) in [4.78, 5) is 15.4. The number of nitrogen functional groups attached to an aromatic ring is 1. The molecular weight excluding hydrogens is 254 g/mol. The van der Waals surface area contributed by atoms with Crippen molar-refractivity contribution in [3.63, 3.8) is 0 Å². The molecule has 1 aromatic rings. The fourth-order valence-electron chi connectivity index (χ4n) is 2.14. The predicted molar refractivity (Wildman–Crippen MR) is 65.3 cm³/mol. The van der Waals surface area contributed by atoms with Crippen molar-refractivity contribution < 1.29 is 20.1 Å². The Morgan fingerprint density at radius 2 is 2.26 bits per heavy atom. The number of nitrogens with zero attached hydrogens (tertiary/aromatic N) is 2. The lowest BCUT2D eigenvalue weighted by Crippen LogP contribution is -2.46. The van der Waals surface area contributed by atoms with Crippen molar-refractivity contribution >= 4 is 5.82 Å². The van der Waals surface area contributed by atoms with E-state index in [-0.39, 0.29) is 5.82 Å². The second-order valence-electron chi connectivity index (χ2n) is 4.88. The van der Waals surface area contributed by atoms with E-state index in [0.29, 0.717) is 5.56 Å². The number of hydrogen-bond acceptors (Lipinski definition) is 7. The molecule has 4 atom stereocenters. The third-order valence-corrected chi connectivity index (χ3v) is 3.36. The molecule has 1 fully saturated rings. The van der Waals surface area contributed by atoms with Crippen molar-refractivity contribution in [2.45, 2.75) is 37.9 Å². The zero-order chi connectivity index (χ0) is 14.4. The monoisotopic (exact) mass is 271 g/mol. The second kappa shape index (κ2) is 4.57. The molecule has 106 valence electrons. The van der Waals surface area contributed by atoms with Crippen molar-refractivity contribution in [3.8, 4) is 0 Å².